The lowest BCUT2D eigenvalue weighted by molar-refractivity contribution is 0.531. The van der Waals surface area contributed by atoms with Crippen molar-refractivity contribution in [3.63, 3.8) is 0 Å². The van der Waals surface area contributed by atoms with Gasteiger partial charge in [-0.15, -0.1) is 6.58 Å². The van der Waals surface area contributed by atoms with Gasteiger partial charge in [-0.25, -0.2) is 0 Å². The summed E-state index contributed by atoms with van der Waals surface area (Å²) in [6.07, 6.45) is 1.42. The molecule has 2 nitrogen and oxygen atoms in total. The Hall–Kier alpha value is -0.930. The van der Waals surface area contributed by atoms with Gasteiger partial charge in [0.2, 0.25) is 0 Å². The van der Waals surface area contributed by atoms with Gasteiger partial charge in [-0.05, 0) is 16.6 Å². The normalized spacial score (nSPS) is 15.1. The summed E-state index contributed by atoms with van der Waals surface area (Å²) in [7, 11) is 0. The summed E-state index contributed by atoms with van der Waals surface area (Å²) in [6.45, 7) is 3.47. The molecule has 0 radical (unpaired) electrons. The summed E-state index contributed by atoms with van der Waals surface area (Å²) >= 11 is -2.12. The smallest absolute Gasteiger partial charge is 0.0642 e. The molecule has 3 heteroatoms. The van der Waals surface area contributed by atoms with E-state index in [0.717, 1.165) is 5.56 Å². The lowest BCUT2D eigenvalue weighted by atomic mass is 10.1. The van der Waals surface area contributed by atoms with Gasteiger partial charge in [0.15, 0.2) is 0 Å². The van der Waals surface area contributed by atoms with Gasteiger partial charge in [0.25, 0.3) is 0 Å². The second-order valence-corrected chi connectivity index (χ2v) is 3.36. The summed E-state index contributed by atoms with van der Waals surface area (Å²) in [5, 5.41) is -0.591. The first kappa shape index (κ1) is 9.16. The summed E-state index contributed by atoms with van der Waals surface area (Å²) in [4.78, 5) is 0. The molecule has 64 valence electrons. The zero-order valence-corrected chi connectivity index (χ0v) is 7.29. The van der Waals surface area contributed by atoms with Crippen LogP contribution in [0.15, 0.2) is 43.0 Å². The molecule has 0 aliphatic rings. The maximum absolute atomic E-state index is 10.7. The molecule has 0 aromatic heterocycles. The molecule has 1 rings (SSSR count). The van der Waals surface area contributed by atoms with Crippen LogP contribution in [-0.4, -0.2) is 8.76 Å². The van der Waals surface area contributed by atoms with E-state index in [0.29, 0.717) is 0 Å². The van der Waals surface area contributed by atoms with Crippen molar-refractivity contribution in [1.82, 2.24) is 0 Å². The van der Waals surface area contributed by atoms with Crippen molar-refractivity contribution in [2.45, 2.75) is 5.25 Å². The largest absolute Gasteiger partial charge is 0.772 e. The Morgan fingerprint density at radius 1 is 1.42 bits per heavy atom. The lowest BCUT2D eigenvalue weighted by Gasteiger charge is -2.15. The molecule has 0 N–H and O–H groups in total. The van der Waals surface area contributed by atoms with Crippen LogP contribution in [0.4, 0.5) is 0 Å². The summed E-state index contributed by atoms with van der Waals surface area (Å²) < 4.78 is 21.3. The van der Waals surface area contributed by atoms with Crippen LogP contribution in [0.1, 0.15) is 10.8 Å². The van der Waals surface area contributed by atoms with E-state index >= 15 is 0 Å². The second-order valence-electron chi connectivity index (χ2n) is 2.33. The molecule has 0 amide bonds. The van der Waals surface area contributed by atoms with E-state index in [4.69, 9.17) is 0 Å². The molecule has 0 fully saturated rings. The van der Waals surface area contributed by atoms with Crippen molar-refractivity contribution in [2.24, 2.45) is 0 Å². The minimum atomic E-state index is -2.12. The summed E-state index contributed by atoms with van der Waals surface area (Å²) in [6, 6.07) is 8.99. The van der Waals surface area contributed by atoms with Crippen molar-refractivity contribution >= 4 is 11.1 Å². The van der Waals surface area contributed by atoms with Gasteiger partial charge in [-0.3, -0.25) is 4.21 Å². The molecule has 2 atom stereocenters. The fraction of sp³-hybridized carbons (Fsp3) is 0.111. The van der Waals surface area contributed by atoms with Gasteiger partial charge in [-0.1, -0.05) is 36.4 Å². The second kappa shape index (κ2) is 4.18. The third-order valence-electron chi connectivity index (χ3n) is 1.55. The SMILES string of the molecule is C=CC(c1ccccc1)S(=O)[O-]. The first-order valence-corrected chi connectivity index (χ1v) is 4.65. The van der Waals surface area contributed by atoms with E-state index in [-0.39, 0.29) is 0 Å². The van der Waals surface area contributed by atoms with Gasteiger partial charge in [-0.2, -0.15) is 0 Å². The monoisotopic (exact) mass is 181 g/mol. The van der Waals surface area contributed by atoms with Gasteiger partial charge in [0.05, 0.1) is 5.25 Å². The molecule has 0 heterocycles. The molecular formula is C9H9O2S-. The Morgan fingerprint density at radius 2 is 2.00 bits per heavy atom. The average molecular weight is 181 g/mol. The maximum Gasteiger partial charge on any atom is 0.0642 e. The summed E-state index contributed by atoms with van der Waals surface area (Å²) in [5.41, 5.74) is 0.751. The van der Waals surface area contributed by atoms with Crippen LogP contribution < -0.4 is 0 Å². The Balaban J connectivity index is 2.95. The highest BCUT2D eigenvalue weighted by molar-refractivity contribution is 7.79. The van der Waals surface area contributed by atoms with E-state index < -0.39 is 16.3 Å². The fourth-order valence-corrected chi connectivity index (χ4v) is 1.50. The molecule has 0 spiro atoms. The number of benzene rings is 1. The minimum absolute atomic E-state index is 0.591. The third-order valence-corrected chi connectivity index (χ3v) is 2.43. The number of rotatable bonds is 3. The number of hydrogen-bond acceptors (Lipinski definition) is 2. The van der Waals surface area contributed by atoms with Crippen molar-refractivity contribution in [3.05, 3.63) is 48.6 Å². The lowest BCUT2D eigenvalue weighted by Crippen LogP contribution is -2.01. The van der Waals surface area contributed by atoms with Crippen LogP contribution in [0.5, 0.6) is 0 Å². The van der Waals surface area contributed by atoms with Gasteiger partial charge >= 0.3 is 0 Å². The first-order chi connectivity index (χ1) is 5.75. The topological polar surface area (TPSA) is 40.1 Å². The van der Waals surface area contributed by atoms with Crippen LogP contribution in [0.2, 0.25) is 0 Å². The Morgan fingerprint density at radius 3 is 2.42 bits per heavy atom. The van der Waals surface area contributed by atoms with Gasteiger partial charge in [0, 0.05) is 0 Å². The molecule has 12 heavy (non-hydrogen) atoms. The highest BCUT2D eigenvalue weighted by atomic mass is 32.2. The maximum atomic E-state index is 10.7. The van der Waals surface area contributed by atoms with Crippen LogP contribution in [0.25, 0.3) is 0 Å². The Kier molecular flexibility index (Phi) is 3.19. The average Bonchev–Trinajstić information content (AvgIpc) is 2.07. The van der Waals surface area contributed by atoms with E-state index in [1.54, 1.807) is 24.3 Å². The van der Waals surface area contributed by atoms with Crippen molar-refractivity contribution in [1.29, 1.82) is 0 Å². The van der Waals surface area contributed by atoms with Gasteiger partial charge in [0.1, 0.15) is 0 Å². The standard InChI is InChI=1S/C9H10O2S/c1-2-9(12(10)11)8-6-4-3-5-7-8/h2-7,9H,1H2,(H,10,11)/p-1. The molecule has 1 aromatic rings. The molecule has 0 aliphatic heterocycles. The minimum Gasteiger partial charge on any atom is -0.772 e. The van der Waals surface area contributed by atoms with E-state index in [2.05, 4.69) is 6.58 Å². The predicted molar refractivity (Wildman–Crippen MR) is 48.3 cm³/mol. The summed E-state index contributed by atoms with van der Waals surface area (Å²) in [5.74, 6) is 0. The molecule has 0 saturated heterocycles. The van der Waals surface area contributed by atoms with Crippen LogP contribution in [-0.2, 0) is 11.1 Å². The predicted octanol–water partition coefficient (Wildman–Crippen LogP) is 1.79. The molecule has 1 aromatic carbocycles. The highest BCUT2D eigenvalue weighted by Crippen LogP contribution is 2.18. The quantitative estimate of drug-likeness (QED) is 0.527. The van der Waals surface area contributed by atoms with E-state index in [9.17, 15) is 8.76 Å². The zero-order valence-electron chi connectivity index (χ0n) is 6.47. The highest BCUT2D eigenvalue weighted by Gasteiger charge is 2.05. The zero-order chi connectivity index (χ0) is 8.97. The molecule has 2 unspecified atom stereocenters. The Labute approximate surface area is 74.2 Å². The molecule has 0 bridgehead atoms. The molecule has 0 saturated carbocycles. The van der Waals surface area contributed by atoms with Crippen molar-refractivity contribution < 1.29 is 8.76 Å². The van der Waals surface area contributed by atoms with Crippen LogP contribution in [0, 0.1) is 0 Å². The molecular weight excluding hydrogens is 172 g/mol. The van der Waals surface area contributed by atoms with Crippen molar-refractivity contribution in [3.8, 4) is 0 Å². The third kappa shape index (κ3) is 2.03. The Bertz CT molecular complexity index is 282. The van der Waals surface area contributed by atoms with Gasteiger partial charge < -0.3 is 4.55 Å². The molecule has 0 aliphatic carbocycles. The van der Waals surface area contributed by atoms with E-state index in [1.807, 2.05) is 6.07 Å². The van der Waals surface area contributed by atoms with Crippen LogP contribution in [0.3, 0.4) is 0 Å². The number of hydrogen-bond donors (Lipinski definition) is 0. The van der Waals surface area contributed by atoms with E-state index in [1.165, 1.54) is 6.08 Å². The van der Waals surface area contributed by atoms with Crippen molar-refractivity contribution in [2.75, 3.05) is 0 Å². The first-order valence-electron chi connectivity index (χ1n) is 3.51. The van der Waals surface area contributed by atoms with Crippen LogP contribution >= 0.6 is 0 Å². The fourth-order valence-electron chi connectivity index (χ4n) is 0.968.